The quantitative estimate of drug-likeness (QED) is 0.726. The maximum Gasteiger partial charge on any atom is 0.271 e. The number of rotatable bonds is 6. The Morgan fingerprint density at radius 3 is 2.76 bits per heavy atom. The van der Waals surface area contributed by atoms with Crippen LogP contribution in [-0.4, -0.2) is 28.8 Å². The highest BCUT2D eigenvalue weighted by molar-refractivity contribution is 5.92. The van der Waals surface area contributed by atoms with E-state index in [1.54, 1.807) is 4.68 Å². The third-order valence-corrected chi connectivity index (χ3v) is 2.66. The molecule has 0 saturated heterocycles. The molecular formula is C12H22N4O. The van der Waals surface area contributed by atoms with Crippen molar-refractivity contribution in [2.75, 3.05) is 13.1 Å². The maximum absolute atomic E-state index is 11.8. The van der Waals surface area contributed by atoms with E-state index in [1.807, 2.05) is 13.1 Å². The zero-order valence-electron chi connectivity index (χ0n) is 10.9. The van der Waals surface area contributed by atoms with Crippen molar-refractivity contribution in [3.63, 3.8) is 0 Å². The standard InChI is InChI=1S/C12H22N4O/c1-9(2)11-8-10(15-16(11)3)12(17)14-7-5-4-6-13/h8-9H,4-7,13H2,1-3H3,(H,14,17). The molecule has 0 aliphatic heterocycles. The van der Waals surface area contributed by atoms with Gasteiger partial charge in [0.05, 0.1) is 0 Å². The van der Waals surface area contributed by atoms with Gasteiger partial charge in [-0.15, -0.1) is 0 Å². The zero-order chi connectivity index (χ0) is 12.8. The van der Waals surface area contributed by atoms with Crippen LogP contribution in [0.4, 0.5) is 0 Å². The first-order valence-corrected chi connectivity index (χ1v) is 6.08. The molecule has 0 aromatic carbocycles. The van der Waals surface area contributed by atoms with Gasteiger partial charge >= 0.3 is 0 Å². The van der Waals surface area contributed by atoms with Crippen LogP contribution >= 0.6 is 0 Å². The summed E-state index contributed by atoms with van der Waals surface area (Å²) in [7, 11) is 1.86. The molecule has 0 aliphatic carbocycles. The van der Waals surface area contributed by atoms with Crippen LogP contribution in [0.15, 0.2) is 6.07 Å². The molecule has 96 valence electrons. The van der Waals surface area contributed by atoms with Crippen LogP contribution in [0.25, 0.3) is 0 Å². The molecule has 0 bridgehead atoms. The fourth-order valence-corrected chi connectivity index (χ4v) is 1.69. The van der Waals surface area contributed by atoms with Gasteiger partial charge in [0.2, 0.25) is 0 Å². The second-order valence-corrected chi connectivity index (χ2v) is 4.48. The lowest BCUT2D eigenvalue weighted by Gasteiger charge is -2.02. The number of carbonyl (C=O) groups excluding carboxylic acids is 1. The molecule has 0 atom stereocenters. The van der Waals surface area contributed by atoms with E-state index in [9.17, 15) is 4.79 Å². The number of nitrogens with one attached hydrogen (secondary N) is 1. The van der Waals surface area contributed by atoms with Crippen LogP contribution in [0.3, 0.4) is 0 Å². The summed E-state index contributed by atoms with van der Waals surface area (Å²) in [5.41, 5.74) is 6.94. The van der Waals surface area contributed by atoms with Gasteiger partial charge in [-0.2, -0.15) is 5.10 Å². The molecule has 0 aliphatic rings. The summed E-state index contributed by atoms with van der Waals surface area (Å²) in [6, 6.07) is 1.85. The molecule has 1 aromatic rings. The number of hydrogen-bond donors (Lipinski definition) is 2. The Labute approximate surface area is 102 Å². The average Bonchev–Trinajstić information content (AvgIpc) is 2.66. The predicted molar refractivity (Wildman–Crippen MR) is 67.9 cm³/mol. The van der Waals surface area contributed by atoms with Crippen LogP contribution in [0.1, 0.15) is 48.8 Å². The monoisotopic (exact) mass is 238 g/mol. The average molecular weight is 238 g/mol. The largest absolute Gasteiger partial charge is 0.351 e. The Morgan fingerprint density at radius 2 is 2.24 bits per heavy atom. The molecule has 1 heterocycles. The van der Waals surface area contributed by atoms with E-state index in [0.29, 0.717) is 24.7 Å². The Bertz CT molecular complexity index is 371. The minimum absolute atomic E-state index is 0.107. The molecule has 0 saturated carbocycles. The summed E-state index contributed by atoms with van der Waals surface area (Å²) >= 11 is 0. The molecule has 3 N–H and O–H groups in total. The molecule has 0 fully saturated rings. The van der Waals surface area contributed by atoms with Gasteiger partial charge in [0.1, 0.15) is 5.69 Å². The van der Waals surface area contributed by atoms with Crippen molar-refractivity contribution in [3.8, 4) is 0 Å². The van der Waals surface area contributed by atoms with Crippen molar-refractivity contribution < 1.29 is 4.79 Å². The summed E-state index contributed by atoms with van der Waals surface area (Å²) in [6.07, 6.45) is 1.84. The van der Waals surface area contributed by atoms with Crippen LogP contribution in [0.5, 0.6) is 0 Å². The van der Waals surface area contributed by atoms with Crippen LogP contribution in [0, 0.1) is 0 Å². The van der Waals surface area contributed by atoms with E-state index in [-0.39, 0.29) is 5.91 Å². The van der Waals surface area contributed by atoms with E-state index in [4.69, 9.17) is 5.73 Å². The third-order valence-electron chi connectivity index (χ3n) is 2.66. The Kier molecular flexibility index (Phi) is 5.15. The second kappa shape index (κ2) is 6.39. The maximum atomic E-state index is 11.8. The van der Waals surface area contributed by atoms with Gasteiger partial charge in [0, 0.05) is 19.3 Å². The molecule has 0 radical (unpaired) electrons. The van der Waals surface area contributed by atoms with E-state index in [1.165, 1.54) is 0 Å². The normalized spacial score (nSPS) is 10.9. The number of aromatic nitrogens is 2. The highest BCUT2D eigenvalue weighted by Crippen LogP contribution is 2.14. The first-order valence-electron chi connectivity index (χ1n) is 6.08. The predicted octanol–water partition coefficient (Wildman–Crippen LogP) is 1.01. The molecular weight excluding hydrogens is 216 g/mol. The number of hydrogen-bond acceptors (Lipinski definition) is 3. The topological polar surface area (TPSA) is 72.9 Å². The van der Waals surface area contributed by atoms with Crippen molar-refractivity contribution >= 4 is 5.91 Å². The van der Waals surface area contributed by atoms with Crippen molar-refractivity contribution in [2.24, 2.45) is 12.8 Å². The van der Waals surface area contributed by atoms with Crippen molar-refractivity contribution in [1.82, 2.24) is 15.1 Å². The first kappa shape index (κ1) is 13.7. The number of aryl methyl sites for hydroxylation is 1. The molecule has 5 heteroatoms. The summed E-state index contributed by atoms with van der Waals surface area (Å²) in [5, 5.41) is 7.05. The SMILES string of the molecule is CC(C)c1cc(C(=O)NCCCCN)nn1C. The van der Waals surface area contributed by atoms with Crippen LogP contribution < -0.4 is 11.1 Å². The highest BCUT2D eigenvalue weighted by atomic mass is 16.1. The highest BCUT2D eigenvalue weighted by Gasteiger charge is 2.13. The molecule has 5 nitrogen and oxygen atoms in total. The van der Waals surface area contributed by atoms with E-state index < -0.39 is 0 Å². The van der Waals surface area contributed by atoms with Gasteiger partial charge in [-0.3, -0.25) is 9.48 Å². The van der Waals surface area contributed by atoms with Crippen molar-refractivity contribution in [3.05, 3.63) is 17.5 Å². The third kappa shape index (κ3) is 3.85. The minimum atomic E-state index is -0.107. The van der Waals surface area contributed by atoms with Crippen LogP contribution in [-0.2, 0) is 7.05 Å². The van der Waals surface area contributed by atoms with Gasteiger partial charge < -0.3 is 11.1 Å². The number of nitrogens with zero attached hydrogens (tertiary/aromatic N) is 2. The molecule has 0 unspecified atom stereocenters. The van der Waals surface area contributed by atoms with Gasteiger partial charge in [-0.1, -0.05) is 13.8 Å². The lowest BCUT2D eigenvalue weighted by molar-refractivity contribution is 0.0947. The van der Waals surface area contributed by atoms with Crippen molar-refractivity contribution in [1.29, 1.82) is 0 Å². The number of amides is 1. The van der Waals surface area contributed by atoms with Gasteiger partial charge in [-0.25, -0.2) is 0 Å². The first-order chi connectivity index (χ1) is 8.06. The van der Waals surface area contributed by atoms with E-state index >= 15 is 0 Å². The van der Waals surface area contributed by atoms with E-state index in [0.717, 1.165) is 18.5 Å². The van der Waals surface area contributed by atoms with Gasteiger partial charge in [-0.05, 0) is 31.4 Å². The molecule has 1 rings (SSSR count). The molecule has 17 heavy (non-hydrogen) atoms. The van der Waals surface area contributed by atoms with Crippen molar-refractivity contribution in [2.45, 2.75) is 32.6 Å². The Morgan fingerprint density at radius 1 is 1.53 bits per heavy atom. The molecule has 1 amide bonds. The Balaban J connectivity index is 2.54. The minimum Gasteiger partial charge on any atom is -0.351 e. The van der Waals surface area contributed by atoms with Crippen LogP contribution in [0.2, 0.25) is 0 Å². The molecule has 0 spiro atoms. The lowest BCUT2D eigenvalue weighted by atomic mass is 10.1. The zero-order valence-corrected chi connectivity index (χ0v) is 10.9. The second-order valence-electron chi connectivity index (χ2n) is 4.48. The fourth-order valence-electron chi connectivity index (χ4n) is 1.69. The Hall–Kier alpha value is -1.36. The summed E-state index contributed by atoms with van der Waals surface area (Å²) in [5.74, 6) is 0.260. The summed E-state index contributed by atoms with van der Waals surface area (Å²) in [4.78, 5) is 11.8. The van der Waals surface area contributed by atoms with E-state index in [2.05, 4.69) is 24.3 Å². The fraction of sp³-hybridized carbons (Fsp3) is 0.667. The number of unbranched alkanes of at least 4 members (excludes halogenated alkanes) is 1. The van der Waals surface area contributed by atoms with Gasteiger partial charge in [0.15, 0.2) is 0 Å². The summed E-state index contributed by atoms with van der Waals surface area (Å²) < 4.78 is 1.76. The smallest absolute Gasteiger partial charge is 0.271 e. The number of nitrogens with two attached hydrogens (primary N) is 1. The summed E-state index contributed by atoms with van der Waals surface area (Å²) in [6.45, 7) is 5.49. The lowest BCUT2D eigenvalue weighted by Crippen LogP contribution is -2.25. The number of carbonyl (C=O) groups is 1. The molecule has 1 aromatic heterocycles. The van der Waals surface area contributed by atoms with Gasteiger partial charge in [0.25, 0.3) is 5.91 Å².